The van der Waals surface area contributed by atoms with Gasteiger partial charge in [0.1, 0.15) is 12.1 Å². The summed E-state index contributed by atoms with van der Waals surface area (Å²) in [6, 6.07) is 12.6. The zero-order valence-corrected chi connectivity index (χ0v) is 22.9. The predicted octanol–water partition coefficient (Wildman–Crippen LogP) is 4.77. The third-order valence-electron chi connectivity index (χ3n) is 7.91. The molecular weight excluding hydrogens is 498 g/mol. The van der Waals surface area contributed by atoms with Crippen molar-refractivity contribution in [2.45, 2.75) is 82.8 Å². The van der Waals surface area contributed by atoms with E-state index in [2.05, 4.69) is 0 Å². The van der Waals surface area contributed by atoms with Gasteiger partial charge in [-0.25, -0.2) is 4.79 Å². The molecule has 39 heavy (non-hydrogen) atoms. The van der Waals surface area contributed by atoms with Gasteiger partial charge in [-0.3, -0.25) is 4.79 Å². The number of rotatable bonds is 9. The molecule has 2 atom stereocenters. The Morgan fingerprint density at radius 1 is 1.00 bits per heavy atom. The van der Waals surface area contributed by atoms with E-state index in [0.717, 1.165) is 55.2 Å². The van der Waals surface area contributed by atoms with Crippen LogP contribution in [0.25, 0.3) is 0 Å². The maximum absolute atomic E-state index is 14.3. The van der Waals surface area contributed by atoms with Gasteiger partial charge in [0.05, 0.1) is 33.0 Å². The lowest BCUT2D eigenvalue weighted by molar-refractivity contribution is -0.163. The second-order valence-electron chi connectivity index (χ2n) is 10.4. The molecule has 2 fully saturated rings. The Balaban J connectivity index is 1.49. The van der Waals surface area contributed by atoms with E-state index in [1.54, 1.807) is 18.9 Å². The van der Waals surface area contributed by atoms with E-state index < -0.39 is 18.1 Å². The highest BCUT2D eigenvalue weighted by molar-refractivity contribution is 5.89. The molecule has 0 N–H and O–H groups in total. The van der Waals surface area contributed by atoms with Crippen molar-refractivity contribution in [1.29, 1.82) is 0 Å². The van der Waals surface area contributed by atoms with Gasteiger partial charge in [-0.1, -0.05) is 49.2 Å². The molecule has 1 aliphatic carbocycles. The first-order chi connectivity index (χ1) is 19.1. The highest BCUT2D eigenvalue weighted by Gasteiger charge is 2.41. The molecule has 2 aromatic carbocycles. The number of methoxy groups -OCH3 is 1. The van der Waals surface area contributed by atoms with Crippen molar-refractivity contribution in [3.63, 3.8) is 0 Å². The number of benzene rings is 2. The Bertz CT molecular complexity index is 1130. The van der Waals surface area contributed by atoms with Crippen LogP contribution in [0.5, 0.6) is 11.5 Å². The van der Waals surface area contributed by atoms with Crippen LogP contribution < -0.4 is 9.47 Å². The minimum atomic E-state index is -0.799. The number of carbonyl (C=O) groups is 2. The Morgan fingerprint density at radius 3 is 2.44 bits per heavy atom. The summed E-state index contributed by atoms with van der Waals surface area (Å²) in [5.41, 5.74) is 2.61. The van der Waals surface area contributed by atoms with E-state index in [1.165, 1.54) is 0 Å². The molecule has 5 rings (SSSR count). The first-order valence-electron chi connectivity index (χ1n) is 14.2. The summed E-state index contributed by atoms with van der Waals surface area (Å²) in [4.78, 5) is 29.2. The van der Waals surface area contributed by atoms with Crippen LogP contribution in [0.15, 0.2) is 42.5 Å². The topological polar surface area (TPSA) is 83.5 Å². The lowest BCUT2D eigenvalue weighted by Crippen LogP contribution is -2.51. The monoisotopic (exact) mass is 537 g/mol. The number of hydrogen-bond acceptors (Lipinski definition) is 7. The average molecular weight is 538 g/mol. The smallest absolute Gasteiger partial charge is 0.329 e. The first kappa shape index (κ1) is 27.5. The summed E-state index contributed by atoms with van der Waals surface area (Å²) in [5, 5.41) is 0. The third-order valence-corrected chi connectivity index (χ3v) is 7.91. The van der Waals surface area contributed by atoms with Crippen LogP contribution in [0.2, 0.25) is 0 Å². The van der Waals surface area contributed by atoms with E-state index in [0.29, 0.717) is 24.7 Å². The molecular formula is C31H39NO7. The lowest BCUT2D eigenvalue weighted by atomic mass is 9.91. The quantitative estimate of drug-likeness (QED) is 0.426. The number of nitrogens with zero attached hydrogens (tertiary/aromatic N) is 1. The van der Waals surface area contributed by atoms with E-state index in [4.69, 9.17) is 23.7 Å². The Labute approximate surface area is 230 Å². The summed E-state index contributed by atoms with van der Waals surface area (Å²) >= 11 is 0. The normalized spacial score (nSPS) is 20.8. The minimum absolute atomic E-state index is 0.00197. The average Bonchev–Trinajstić information content (AvgIpc) is 3.50. The lowest BCUT2D eigenvalue weighted by Gasteiger charge is -2.39. The van der Waals surface area contributed by atoms with Gasteiger partial charge < -0.3 is 28.6 Å². The molecule has 0 bridgehead atoms. The summed E-state index contributed by atoms with van der Waals surface area (Å²) in [5.74, 6) is 0.614. The molecule has 3 aliphatic rings. The van der Waals surface area contributed by atoms with Crippen LogP contribution in [-0.2, 0) is 36.8 Å². The molecule has 8 heteroatoms. The zero-order chi connectivity index (χ0) is 27.2. The Morgan fingerprint density at radius 2 is 1.74 bits per heavy atom. The highest BCUT2D eigenvalue weighted by atomic mass is 16.5. The molecule has 2 aliphatic heterocycles. The standard InChI is InChI=1S/C31H39NO7/c1-3-37-31(34)26-19-25-22(13-14-27(35-2)29(25)39-24-15-17-36-18-16-24)20-32(26)30(33)28(21-9-5-4-6-10-21)38-23-11-7-8-12-23/h4-6,9-10,13-14,23-24,26,28H,3,7-8,11-12,15-20H2,1-2H3/t26-,28-/m0/s1. The van der Waals surface area contributed by atoms with Gasteiger partial charge in [-0.15, -0.1) is 0 Å². The van der Waals surface area contributed by atoms with Crippen LogP contribution in [0.1, 0.15) is 68.2 Å². The van der Waals surface area contributed by atoms with E-state index in [9.17, 15) is 9.59 Å². The van der Waals surface area contributed by atoms with Crippen molar-refractivity contribution < 1.29 is 33.3 Å². The fraction of sp³-hybridized carbons (Fsp3) is 0.548. The number of esters is 1. The highest BCUT2D eigenvalue weighted by Crippen LogP contribution is 2.41. The second-order valence-corrected chi connectivity index (χ2v) is 10.4. The zero-order valence-electron chi connectivity index (χ0n) is 22.9. The van der Waals surface area contributed by atoms with Crippen molar-refractivity contribution in [2.24, 2.45) is 0 Å². The number of carbonyl (C=O) groups excluding carboxylic acids is 2. The molecule has 210 valence electrons. The molecule has 0 aromatic heterocycles. The maximum atomic E-state index is 14.3. The van der Waals surface area contributed by atoms with Crippen molar-refractivity contribution in [2.75, 3.05) is 26.9 Å². The van der Waals surface area contributed by atoms with Crippen molar-refractivity contribution in [3.8, 4) is 11.5 Å². The molecule has 1 saturated carbocycles. The number of amides is 1. The van der Waals surface area contributed by atoms with Gasteiger partial charge >= 0.3 is 5.97 Å². The maximum Gasteiger partial charge on any atom is 0.329 e. The van der Waals surface area contributed by atoms with Crippen LogP contribution in [0.3, 0.4) is 0 Å². The van der Waals surface area contributed by atoms with Crippen LogP contribution in [-0.4, -0.2) is 62.0 Å². The molecule has 0 radical (unpaired) electrons. The number of hydrogen-bond donors (Lipinski definition) is 0. The SMILES string of the molecule is CCOC(=O)[C@@H]1Cc2c(ccc(OC)c2OC2CCOCC2)CN1C(=O)[C@@H](OC1CCCC1)c1ccccc1. The fourth-order valence-electron chi connectivity index (χ4n) is 5.82. The summed E-state index contributed by atoms with van der Waals surface area (Å²) < 4.78 is 29.6. The molecule has 1 amide bonds. The molecule has 8 nitrogen and oxygen atoms in total. The van der Waals surface area contributed by atoms with Crippen molar-refractivity contribution in [1.82, 2.24) is 4.90 Å². The van der Waals surface area contributed by atoms with Crippen molar-refractivity contribution >= 4 is 11.9 Å². The molecule has 0 unspecified atom stereocenters. The van der Waals surface area contributed by atoms with Gasteiger partial charge in [0.2, 0.25) is 0 Å². The first-order valence-corrected chi connectivity index (χ1v) is 14.2. The van der Waals surface area contributed by atoms with Crippen LogP contribution in [0.4, 0.5) is 0 Å². The molecule has 2 heterocycles. The molecule has 0 spiro atoms. The van der Waals surface area contributed by atoms with Crippen LogP contribution >= 0.6 is 0 Å². The molecule has 1 saturated heterocycles. The Hall–Kier alpha value is -3.10. The summed E-state index contributed by atoms with van der Waals surface area (Å²) in [6.07, 6.45) is 5.17. The van der Waals surface area contributed by atoms with Crippen LogP contribution in [0, 0.1) is 0 Å². The van der Waals surface area contributed by atoms with Gasteiger partial charge in [0, 0.05) is 31.4 Å². The minimum Gasteiger partial charge on any atom is -0.493 e. The summed E-state index contributed by atoms with van der Waals surface area (Å²) in [7, 11) is 1.62. The van der Waals surface area contributed by atoms with Crippen molar-refractivity contribution in [3.05, 3.63) is 59.2 Å². The van der Waals surface area contributed by atoms with Gasteiger partial charge in [0.25, 0.3) is 5.91 Å². The second kappa shape index (κ2) is 12.8. The van der Waals surface area contributed by atoms with E-state index in [1.807, 2.05) is 42.5 Å². The Kier molecular flexibility index (Phi) is 9.04. The number of fused-ring (bicyclic) bond motifs is 1. The van der Waals surface area contributed by atoms with Gasteiger partial charge in [0.15, 0.2) is 17.6 Å². The van der Waals surface area contributed by atoms with Gasteiger partial charge in [-0.05, 0) is 37.0 Å². The fourth-order valence-corrected chi connectivity index (χ4v) is 5.82. The van der Waals surface area contributed by atoms with Gasteiger partial charge in [-0.2, -0.15) is 0 Å². The van der Waals surface area contributed by atoms with E-state index >= 15 is 0 Å². The molecule has 2 aromatic rings. The third kappa shape index (κ3) is 6.23. The number of ether oxygens (including phenoxy) is 5. The predicted molar refractivity (Wildman–Crippen MR) is 145 cm³/mol. The largest absolute Gasteiger partial charge is 0.493 e. The summed E-state index contributed by atoms with van der Waals surface area (Å²) in [6.45, 7) is 3.56. The van der Waals surface area contributed by atoms with E-state index in [-0.39, 0.29) is 37.7 Å².